The van der Waals surface area contributed by atoms with Gasteiger partial charge in [0.15, 0.2) is 0 Å². The van der Waals surface area contributed by atoms with E-state index in [1.165, 1.54) is 12.1 Å². The smallest absolute Gasteiger partial charge is 0.131 e. The lowest BCUT2D eigenvalue weighted by atomic mass is 9.98. The summed E-state index contributed by atoms with van der Waals surface area (Å²) < 4.78 is 27.0. The second kappa shape index (κ2) is 6.79. The summed E-state index contributed by atoms with van der Waals surface area (Å²) in [7, 11) is 0. The first-order chi connectivity index (χ1) is 9.61. The maximum atomic E-state index is 14.0. The summed E-state index contributed by atoms with van der Waals surface area (Å²) in [4.78, 5) is 0. The Morgan fingerprint density at radius 2 is 1.80 bits per heavy atom. The van der Waals surface area contributed by atoms with E-state index in [0.29, 0.717) is 23.7 Å². The third kappa shape index (κ3) is 3.54. The highest BCUT2D eigenvalue weighted by atomic mass is 35.5. The van der Waals surface area contributed by atoms with E-state index in [1.807, 2.05) is 0 Å². The standard InChI is InChI=1S/C15H15ClF2N2/c16-11-3-1-10(2-4-11)15(20-8-7-19)13-6-5-12(17)9-14(13)18/h1-6,9,15,20H,7-8,19H2/t15-/m0/s1. The van der Waals surface area contributed by atoms with Gasteiger partial charge in [0.2, 0.25) is 0 Å². The molecule has 0 heterocycles. The van der Waals surface area contributed by atoms with Gasteiger partial charge in [-0.25, -0.2) is 8.78 Å². The van der Waals surface area contributed by atoms with Crippen molar-refractivity contribution in [3.05, 3.63) is 70.2 Å². The van der Waals surface area contributed by atoms with Crippen LogP contribution < -0.4 is 11.1 Å². The Morgan fingerprint density at radius 3 is 2.40 bits per heavy atom. The molecule has 0 aliphatic rings. The maximum absolute atomic E-state index is 14.0. The molecule has 2 nitrogen and oxygen atoms in total. The minimum absolute atomic E-state index is 0.377. The molecule has 3 N–H and O–H groups in total. The number of halogens is 3. The highest BCUT2D eigenvalue weighted by molar-refractivity contribution is 6.30. The van der Waals surface area contributed by atoms with Crippen LogP contribution in [0.1, 0.15) is 17.2 Å². The topological polar surface area (TPSA) is 38.0 Å². The summed E-state index contributed by atoms with van der Waals surface area (Å²) in [6.07, 6.45) is 0. The van der Waals surface area contributed by atoms with Crippen molar-refractivity contribution >= 4 is 11.6 Å². The molecule has 0 unspecified atom stereocenters. The first-order valence-electron chi connectivity index (χ1n) is 6.25. The number of hydrogen-bond donors (Lipinski definition) is 2. The van der Waals surface area contributed by atoms with Gasteiger partial charge in [-0.1, -0.05) is 29.8 Å². The van der Waals surface area contributed by atoms with Crippen LogP contribution in [0.3, 0.4) is 0 Å². The molecular weight excluding hydrogens is 282 g/mol. The van der Waals surface area contributed by atoms with Crippen molar-refractivity contribution in [3.8, 4) is 0 Å². The van der Waals surface area contributed by atoms with Gasteiger partial charge in [0.1, 0.15) is 11.6 Å². The van der Waals surface area contributed by atoms with E-state index < -0.39 is 17.7 Å². The van der Waals surface area contributed by atoms with Gasteiger partial charge in [0.25, 0.3) is 0 Å². The number of rotatable bonds is 5. The Kier molecular flexibility index (Phi) is 5.06. The van der Waals surface area contributed by atoms with Crippen LogP contribution >= 0.6 is 11.6 Å². The SMILES string of the molecule is NCCN[C@@H](c1ccc(Cl)cc1)c1ccc(F)cc1F. The van der Waals surface area contributed by atoms with Crippen LogP contribution in [0.15, 0.2) is 42.5 Å². The molecule has 2 rings (SSSR count). The van der Waals surface area contributed by atoms with Crippen LogP contribution in [0.25, 0.3) is 0 Å². The molecule has 0 amide bonds. The predicted molar refractivity (Wildman–Crippen MR) is 76.7 cm³/mol. The summed E-state index contributed by atoms with van der Waals surface area (Å²) in [6.45, 7) is 0.941. The minimum Gasteiger partial charge on any atom is -0.329 e. The van der Waals surface area contributed by atoms with Gasteiger partial charge in [-0.05, 0) is 23.8 Å². The van der Waals surface area contributed by atoms with E-state index in [9.17, 15) is 8.78 Å². The highest BCUT2D eigenvalue weighted by Gasteiger charge is 2.17. The van der Waals surface area contributed by atoms with Gasteiger partial charge >= 0.3 is 0 Å². The average Bonchev–Trinajstić information content (AvgIpc) is 2.42. The lowest BCUT2D eigenvalue weighted by Crippen LogP contribution is -2.28. The monoisotopic (exact) mass is 296 g/mol. The van der Waals surface area contributed by atoms with E-state index in [1.54, 1.807) is 24.3 Å². The molecule has 0 saturated heterocycles. The fourth-order valence-corrected chi connectivity index (χ4v) is 2.15. The number of nitrogens with one attached hydrogen (secondary N) is 1. The Morgan fingerprint density at radius 1 is 1.10 bits per heavy atom. The van der Waals surface area contributed by atoms with Crippen LogP contribution in [0.2, 0.25) is 5.02 Å². The quantitative estimate of drug-likeness (QED) is 0.889. The Labute approximate surface area is 121 Å². The third-order valence-electron chi connectivity index (χ3n) is 2.97. The summed E-state index contributed by atoms with van der Waals surface area (Å²) in [5.41, 5.74) is 6.70. The molecule has 1 atom stereocenters. The Bertz CT molecular complexity index is 573. The molecule has 5 heteroatoms. The van der Waals surface area contributed by atoms with Crippen LogP contribution in [-0.2, 0) is 0 Å². The largest absolute Gasteiger partial charge is 0.329 e. The molecule has 0 saturated carbocycles. The van der Waals surface area contributed by atoms with E-state index in [4.69, 9.17) is 17.3 Å². The zero-order chi connectivity index (χ0) is 14.5. The molecule has 0 fully saturated rings. The molecule has 0 radical (unpaired) electrons. The van der Waals surface area contributed by atoms with Gasteiger partial charge in [0, 0.05) is 29.7 Å². The maximum Gasteiger partial charge on any atom is 0.131 e. The molecule has 106 valence electrons. The van der Waals surface area contributed by atoms with Crippen LogP contribution in [-0.4, -0.2) is 13.1 Å². The van der Waals surface area contributed by atoms with E-state index >= 15 is 0 Å². The summed E-state index contributed by atoms with van der Waals surface area (Å²) in [6, 6.07) is 10.2. The number of benzene rings is 2. The Hall–Kier alpha value is -1.49. The van der Waals surface area contributed by atoms with Gasteiger partial charge in [-0.2, -0.15) is 0 Å². The number of nitrogens with two attached hydrogens (primary N) is 1. The van der Waals surface area contributed by atoms with Crippen molar-refractivity contribution in [1.82, 2.24) is 5.32 Å². The fourth-order valence-electron chi connectivity index (χ4n) is 2.03. The fraction of sp³-hybridized carbons (Fsp3) is 0.200. The van der Waals surface area contributed by atoms with Crippen molar-refractivity contribution < 1.29 is 8.78 Å². The van der Waals surface area contributed by atoms with E-state index in [0.717, 1.165) is 11.6 Å². The van der Waals surface area contributed by atoms with Crippen molar-refractivity contribution in [1.29, 1.82) is 0 Å². The van der Waals surface area contributed by atoms with Crippen molar-refractivity contribution in [2.75, 3.05) is 13.1 Å². The predicted octanol–water partition coefficient (Wildman–Crippen LogP) is 3.26. The zero-order valence-electron chi connectivity index (χ0n) is 10.7. The molecule has 2 aromatic carbocycles. The molecule has 20 heavy (non-hydrogen) atoms. The molecular formula is C15H15ClF2N2. The first-order valence-corrected chi connectivity index (χ1v) is 6.63. The van der Waals surface area contributed by atoms with Crippen molar-refractivity contribution in [2.45, 2.75) is 6.04 Å². The van der Waals surface area contributed by atoms with Crippen molar-refractivity contribution in [2.24, 2.45) is 5.73 Å². The van der Waals surface area contributed by atoms with E-state index in [2.05, 4.69) is 5.32 Å². The molecule has 0 spiro atoms. The summed E-state index contributed by atoms with van der Waals surface area (Å²) >= 11 is 5.85. The lowest BCUT2D eigenvalue weighted by molar-refractivity contribution is 0.536. The van der Waals surface area contributed by atoms with Crippen LogP contribution in [0.5, 0.6) is 0 Å². The average molecular weight is 297 g/mol. The molecule has 2 aromatic rings. The molecule has 0 bridgehead atoms. The second-order valence-electron chi connectivity index (χ2n) is 4.39. The summed E-state index contributed by atoms with van der Waals surface area (Å²) in [5, 5.41) is 3.75. The van der Waals surface area contributed by atoms with Crippen LogP contribution in [0.4, 0.5) is 8.78 Å². The zero-order valence-corrected chi connectivity index (χ0v) is 11.5. The first kappa shape index (κ1) is 14.9. The second-order valence-corrected chi connectivity index (χ2v) is 4.83. The van der Waals surface area contributed by atoms with Crippen molar-refractivity contribution in [3.63, 3.8) is 0 Å². The van der Waals surface area contributed by atoms with Crippen LogP contribution in [0, 0.1) is 11.6 Å². The van der Waals surface area contributed by atoms with E-state index in [-0.39, 0.29) is 0 Å². The van der Waals surface area contributed by atoms with Gasteiger partial charge < -0.3 is 11.1 Å². The lowest BCUT2D eigenvalue weighted by Gasteiger charge is -2.20. The minimum atomic E-state index is -0.597. The highest BCUT2D eigenvalue weighted by Crippen LogP contribution is 2.26. The van der Waals surface area contributed by atoms with Gasteiger partial charge in [-0.3, -0.25) is 0 Å². The summed E-state index contributed by atoms with van der Waals surface area (Å²) in [5.74, 6) is -1.19. The molecule has 0 aromatic heterocycles. The third-order valence-corrected chi connectivity index (χ3v) is 3.22. The molecule has 0 aliphatic carbocycles. The number of hydrogen-bond acceptors (Lipinski definition) is 2. The Balaban J connectivity index is 2.38. The molecule has 0 aliphatic heterocycles. The van der Waals surface area contributed by atoms with Gasteiger partial charge in [-0.15, -0.1) is 0 Å². The van der Waals surface area contributed by atoms with Gasteiger partial charge in [0.05, 0.1) is 6.04 Å². The normalized spacial score (nSPS) is 12.4.